The summed E-state index contributed by atoms with van der Waals surface area (Å²) in [7, 11) is 0. The number of amides is 1. The van der Waals surface area contributed by atoms with E-state index in [9.17, 15) is 32.3 Å². The highest BCUT2D eigenvalue weighted by molar-refractivity contribution is 6.32. The molecule has 1 saturated heterocycles. The Morgan fingerprint density at radius 3 is 2.50 bits per heavy atom. The van der Waals surface area contributed by atoms with Gasteiger partial charge in [-0.1, -0.05) is 11.6 Å². The van der Waals surface area contributed by atoms with E-state index in [1.54, 1.807) is 0 Å². The Bertz CT molecular complexity index is 1410. The Kier molecular flexibility index (Phi) is 6.69. The van der Waals surface area contributed by atoms with Crippen LogP contribution in [0.5, 0.6) is 0 Å². The zero-order valence-corrected chi connectivity index (χ0v) is 19.7. The third-order valence-electron chi connectivity index (χ3n) is 5.82. The van der Waals surface area contributed by atoms with Gasteiger partial charge in [0, 0.05) is 25.4 Å². The lowest BCUT2D eigenvalue weighted by atomic mass is 10.1. The number of anilines is 1. The van der Waals surface area contributed by atoms with E-state index >= 15 is 4.39 Å². The highest BCUT2D eigenvalue weighted by Gasteiger charge is 2.33. The summed E-state index contributed by atoms with van der Waals surface area (Å²) in [5.74, 6) is -4.63. The highest BCUT2D eigenvalue weighted by atomic mass is 35.5. The van der Waals surface area contributed by atoms with E-state index in [2.05, 4.69) is 4.98 Å². The maximum absolute atomic E-state index is 15.1. The topological polar surface area (TPSA) is 87.5 Å². The molecule has 4 rings (SSSR count). The number of halogens is 6. The summed E-state index contributed by atoms with van der Waals surface area (Å²) < 4.78 is 71.2. The molecule has 0 radical (unpaired) electrons. The zero-order valence-electron chi connectivity index (χ0n) is 19.0. The third-order valence-corrected chi connectivity index (χ3v) is 6.11. The largest absolute Gasteiger partial charge is 0.391 e. The first kappa shape index (κ1) is 25.8. The van der Waals surface area contributed by atoms with Crippen LogP contribution in [-0.2, 0) is 0 Å². The fraction of sp³-hybridized carbons (Fsp3) is 0.348. The first-order valence-corrected chi connectivity index (χ1v) is 11.1. The van der Waals surface area contributed by atoms with Gasteiger partial charge in [0.2, 0.25) is 5.43 Å². The van der Waals surface area contributed by atoms with Gasteiger partial charge in [0.15, 0.2) is 23.1 Å². The van der Waals surface area contributed by atoms with E-state index in [0.29, 0.717) is 12.5 Å². The van der Waals surface area contributed by atoms with Gasteiger partial charge in [0.05, 0.1) is 22.1 Å². The average Bonchev–Trinajstić information content (AvgIpc) is 3.19. The van der Waals surface area contributed by atoms with Crippen molar-refractivity contribution in [2.75, 3.05) is 18.0 Å². The number of β-amino-alcohol motifs (C(OH)–C–C–N with tert-alkyl or cyclic N) is 1. The van der Waals surface area contributed by atoms with Crippen molar-refractivity contribution in [3.05, 3.63) is 62.7 Å². The van der Waals surface area contributed by atoms with Crippen molar-refractivity contribution in [1.82, 2.24) is 14.9 Å². The van der Waals surface area contributed by atoms with E-state index in [0.717, 1.165) is 36.7 Å². The molecule has 3 heterocycles. The monoisotopic (exact) mass is 530 g/mol. The number of fused-ring (bicyclic) bond motifs is 1. The summed E-state index contributed by atoms with van der Waals surface area (Å²) in [6.45, 7) is 2.36. The van der Waals surface area contributed by atoms with Gasteiger partial charge < -0.3 is 15.3 Å². The predicted molar refractivity (Wildman–Crippen MR) is 123 cm³/mol. The number of aliphatic hydroxyl groups excluding tert-OH is 1. The second-order valence-electron chi connectivity index (χ2n) is 8.99. The smallest absolute Gasteiger partial charge is 0.260 e. The van der Waals surface area contributed by atoms with Crippen LogP contribution in [0.25, 0.3) is 16.7 Å². The number of hydrogen-bond acceptors (Lipinski definition) is 5. The predicted octanol–water partition coefficient (Wildman–Crippen LogP) is 3.80. The second-order valence-corrected chi connectivity index (χ2v) is 9.40. The molecule has 1 aliphatic heterocycles. The van der Waals surface area contributed by atoms with Crippen LogP contribution in [-0.4, -0.2) is 51.7 Å². The molecule has 2 aromatic heterocycles. The van der Waals surface area contributed by atoms with E-state index < -0.39 is 68.5 Å². The second kappa shape index (κ2) is 9.32. The lowest BCUT2D eigenvalue weighted by Gasteiger charge is -2.25. The summed E-state index contributed by atoms with van der Waals surface area (Å²) in [5, 5.41) is 10.9. The van der Waals surface area contributed by atoms with Crippen LogP contribution in [0.4, 0.5) is 27.8 Å². The van der Waals surface area contributed by atoms with Crippen LogP contribution in [0, 0.1) is 17.5 Å². The normalized spacial score (nSPS) is 16.3. The van der Waals surface area contributed by atoms with Crippen molar-refractivity contribution in [3.63, 3.8) is 0 Å². The Morgan fingerprint density at radius 1 is 1.22 bits per heavy atom. The standard InChI is InChI=1S/C23H20ClF5N4O3/c1-23(2,22(28)29)31-21(36)13-9-33(17-14(24)5-10(25)6-15(17)26)19-12(18(13)35)7-16(27)20(30-19)32-4-3-11(34)8-32/h5-7,9,11,22,34H,3-4,8H2,1-2H3,(H,31,36). The molecule has 7 nitrogen and oxygen atoms in total. The van der Waals surface area contributed by atoms with Gasteiger partial charge in [-0.25, -0.2) is 26.9 Å². The first-order valence-electron chi connectivity index (χ1n) is 10.7. The molecule has 13 heteroatoms. The quantitative estimate of drug-likeness (QED) is 0.490. The summed E-state index contributed by atoms with van der Waals surface area (Å²) in [5.41, 5.74) is -4.64. The van der Waals surface area contributed by atoms with E-state index in [1.807, 2.05) is 5.32 Å². The Morgan fingerprint density at radius 2 is 1.92 bits per heavy atom. The Balaban J connectivity index is 2.01. The minimum Gasteiger partial charge on any atom is -0.391 e. The van der Waals surface area contributed by atoms with E-state index in [4.69, 9.17) is 11.6 Å². The molecule has 0 spiro atoms. The molecular weight excluding hydrogens is 511 g/mol. The zero-order chi connectivity index (χ0) is 26.5. The highest BCUT2D eigenvalue weighted by Crippen LogP contribution is 2.30. The third kappa shape index (κ3) is 4.62. The molecule has 0 bridgehead atoms. The van der Waals surface area contributed by atoms with Crippen LogP contribution < -0.4 is 15.6 Å². The summed E-state index contributed by atoms with van der Waals surface area (Å²) >= 11 is 6.08. The fourth-order valence-corrected chi connectivity index (χ4v) is 4.17. The van der Waals surface area contributed by atoms with Crippen molar-refractivity contribution in [1.29, 1.82) is 0 Å². The molecule has 192 valence electrons. The van der Waals surface area contributed by atoms with Crippen molar-refractivity contribution < 1.29 is 31.9 Å². The number of carbonyl (C=O) groups is 1. The summed E-state index contributed by atoms with van der Waals surface area (Å²) in [6, 6.07) is 2.07. The van der Waals surface area contributed by atoms with Crippen molar-refractivity contribution in [2.45, 2.75) is 38.3 Å². The SMILES string of the molecule is CC(C)(NC(=O)c1cn(-c2c(F)cc(F)cc2Cl)c2nc(N3CCC(O)C3)c(F)cc2c1=O)C(F)F. The number of alkyl halides is 2. The van der Waals surface area contributed by atoms with Crippen LogP contribution in [0.3, 0.4) is 0 Å². The Labute approximate surface area is 206 Å². The minimum absolute atomic E-state index is 0.0501. The molecule has 1 aliphatic rings. The lowest BCUT2D eigenvalue weighted by Crippen LogP contribution is -2.50. The van der Waals surface area contributed by atoms with Gasteiger partial charge in [-0.2, -0.15) is 0 Å². The molecule has 1 unspecified atom stereocenters. The number of rotatable bonds is 5. The van der Waals surface area contributed by atoms with Crippen LogP contribution >= 0.6 is 11.6 Å². The van der Waals surface area contributed by atoms with E-state index in [1.165, 1.54) is 4.90 Å². The van der Waals surface area contributed by atoms with Gasteiger partial charge in [-0.15, -0.1) is 0 Å². The van der Waals surface area contributed by atoms with Crippen molar-refractivity contribution in [2.24, 2.45) is 0 Å². The van der Waals surface area contributed by atoms with Gasteiger partial charge >= 0.3 is 0 Å². The molecule has 1 atom stereocenters. The number of aromatic nitrogens is 2. The molecule has 2 N–H and O–H groups in total. The molecule has 36 heavy (non-hydrogen) atoms. The number of nitrogens with one attached hydrogen (secondary N) is 1. The first-order chi connectivity index (χ1) is 16.8. The summed E-state index contributed by atoms with van der Waals surface area (Å²) in [6.07, 6.45) is -2.57. The average molecular weight is 531 g/mol. The van der Waals surface area contributed by atoms with Crippen LogP contribution in [0.15, 0.2) is 29.2 Å². The Hall–Kier alpha value is -3.25. The maximum atomic E-state index is 15.1. The number of aliphatic hydroxyl groups is 1. The van der Waals surface area contributed by atoms with Crippen LogP contribution in [0.1, 0.15) is 30.6 Å². The van der Waals surface area contributed by atoms with Gasteiger partial charge in [-0.05, 0) is 32.4 Å². The molecule has 0 saturated carbocycles. The van der Waals surface area contributed by atoms with E-state index in [-0.39, 0.29) is 24.6 Å². The van der Waals surface area contributed by atoms with Crippen LogP contribution in [0.2, 0.25) is 5.02 Å². The van der Waals surface area contributed by atoms with Crippen molar-refractivity contribution in [3.8, 4) is 5.69 Å². The number of hydrogen-bond donors (Lipinski definition) is 2. The summed E-state index contributed by atoms with van der Waals surface area (Å²) in [4.78, 5) is 31.6. The van der Waals surface area contributed by atoms with Crippen molar-refractivity contribution >= 4 is 34.4 Å². The molecule has 1 fully saturated rings. The molecule has 3 aromatic rings. The lowest BCUT2D eigenvalue weighted by molar-refractivity contribution is 0.0447. The minimum atomic E-state index is -2.99. The van der Waals surface area contributed by atoms with Gasteiger partial charge in [0.25, 0.3) is 12.3 Å². The number of carbonyl (C=O) groups excluding carboxylic acids is 1. The van der Waals surface area contributed by atoms with Gasteiger partial charge in [0.1, 0.15) is 17.1 Å². The number of pyridine rings is 2. The number of nitrogens with zero attached hydrogens (tertiary/aromatic N) is 3. The molecular formula is C23H20ClF5N4O3. The molecule has 1 amide bonds. The molecule has 0 aliphatic carbocycles. The fourth-order valence-electron chi connectivity index (χ4n) is 3.88. The van der Waals surface area contributed by atoms with Gasteiger partial charge in [-0.3, -0.25) is 14.2 Å². The molecule has 1 aromatic carbocycles. The maximum Gasteiger partial charge on any atom is 0.260 e. The number of benzene rings is 1.